The molecule has 0 unspecified atom stereocenters. The van der Waals surface area contributed by atoms with E-state index in [-0.39, 0.29) is 16.9 Å². The molecule has 19 heavy (non-hydrogen) atoms. The number of nitrogens with zero attached hydrogens (tertiary/aromatic N) is 4. The third-order valence-electron chi connectivity index (χ3n) is 3.10. The van der Waals surface area contributed by atoms with Crippen molar-refractivity contribution in [2.45, 2.75) is 33.4 Å². The predicted molar refractivity (Wildman–Crippen MR) is 62.4 cm³/mol. The molecule has 7 heteroatoms. The van der Waals surface area contributed by atoms with Gasteiger partial charge in [0.1, 0.15) is 5.69 Å². The summed E-state index contributed by atoms with van der Waals surface area (Å²) in [4.78, 5) is 11.9. The van der Waals surface area contributed by atoms with Gasteiger partial charge in [-0.2, -0.15) is 13.2 Å². The number of fused-ring (bicyclic) bond motifs is 1. The molecule has 2 aromatic rings. The number of aromatic nitrogens is 4. The highest BCUT2D eigenvalue weighted by Gasteiger charge is 2.36. The number of aryl methyl sites for hydroxylation is 3. The molecule has 0 aliphatic rings. The molecule has 0 N–H and O–H groups in total. The average Bonchev–Trinajstić information content (AvgIpc) is 2.31. The first-order chi connectivity index (χ1) is 8.75. The molecule has 2 heterocycles. The SMILES string of the molecule is CCc1nc2nc(C)c(C(F)(F)F)nc2c(C)[n+]1C. The van der Waals surface area contributed by atoms with Crippen molar-refractivity contribution in [3.8, 4) is 0 Å². The first-order valence-corrected chi connectivity index (χ1v) is 5.86. The second-order valence-electron chi connectivity index (χ2n) is 4.35. The van der Waals surface area contributed by atoms with Crippen LogP contribution >= 0.6 is 0 Å². The van der Waals surface area contributed by atoms with E-state index < -0.39 is 11.9 Å². The van der Waals surface area contributed by atoms with Crippen molar-refractivity contribution >= 4 is 11.2 Å². The number of hydrogen-bond donors (Lipinski definition) is 0. The predicted octanol–water partition coefficient (Wildman–Crippen LogP) is 2.05. The molecule has 0 aliphatic carbocycles. The number of alkyl halides is 3. The van der Waals surface area contributed by atoms with Crippen LogP contribution in [0.5, 0.6) is 0 Å². The Kier molecular flexibility index (Phi) is 3.15. The molecule has 2 rings (SSSR count). The Labute approximate surface area is 108 Å². The van der Waals surface area contributed by atoms with Crippen LogP contribution in [0.1, 0.15) is 29.8 Å². The second-order valence-corrected chi connectivity index (χ2v) is 4.35. The number of halogens is 3. The summed E-state index contributed by atoms with van der Waals surface area (Å²) in [5.41, 5.74) is -0.0209. The first-order valence-electron chi connectivity index (χ1n) is 5.86. The lowest BCUT2D eigenvalue weighted by Gasteiger charge is -2.09. The Morgan fingerprint density at radius 1 is 1.11 bits per heavy atom. The lowest BCUT2D eigenvalue weighted by Crippen LogP contribution is -2.38. The Morgan fingerprint density at radius 2 is 1.74 bits per heavy atom. The summed E-state index contributed by atoms with van der Waals surface area (Å²) in [7, 11) is 1.76. The van der Waals surface area contributed by atoms with Gasteiger partial charge in [-0.05, 0) is 11.9 Å². The van der Waals surface area contributed by atoms with E-state index in [0.717, 1.165) is 5.82 Å². The van der Waals surface area contributed by atoms with Crippen molar-refractivity contribution in [3.63, 3.8) is 0 Å². The quantitative estimate of drug-likeness (QED) is 0.745. The standard InChI is InChI=1S/C12H14F3N4/c1-5-8-17-11-9(7(3)19(8)4)18-10(6(2)16-11)12(13,14)15/h5H2,1-4H3/q+1. The van der Waals surface area contributed by atoms with E-state index in [1.807, 2.05) is 6.92 Å². The Hall–Kier alpha value is -1.79. The Bertz CT molecular complexity index is 650. The van der Waals surface area contributed by atoms with Crippen molar-refractivity contribution in [3.05, 3.63) is 22.9 Å². The molecule has 0 fully saturated rings. The van der Waals surface area contributed by atoms with E-state index in [0.29, 0.717) is 12.1 Å². The van der Waals surface area contributed by atoms with Gasteiger partial charge in [0.25, 0.3) is 5.65 Å². The van der Waals surface area contributed by atoms with Gasteiger partial charge < -0.3 is 0 Å². The zero-order valence-electron chi connectivity index (χ0n) is 11.1. The maximum absolute atomic E-state index is 12.8. The third-order valence-corrected chi connectivity index (χ3v) is 3.10. The molecule has 0 spiro atoms. The molecule has 0 bridgehead atoms. The van der Waals surface area contributed by atoms with Gasteiger partial charge >= 0.3 is 12.0 Å². The summed E-state index contributed by atoms with van der Waals surface area (Å²) in [5, 5.41) is 0. The number of rotatable bonds is 1. The molecule has 102 valence electrons. The highest BCUT2D eigenvalue weighted by Crippen LogP contribution is 2.30. The minimum absolute atomic E-state index is 0.150. The van der Waals surface area contributed by atoms with Crippen LogP contribution in [-0.4, -0.2) is 15.0 Å². The molecule has 0 atom stereocenters. The fourth-order valence-corrected chi connectivity index (χ4v) is 1.96. The van der Waals surface area contributed by atoms with Crippen LogP contribution in [0.2, 0.25) is 0 Å². The summed E-state index contributed by atoms with van der Waals surface area (Å²) < 4.78 is 40.2. The van der Waals surface area contributed by atoms with Crippen LogP contribution in [0.3, 0.4) is 0 Å². The molecule has 0 radical (unpaired) electrons. The molecule has 2 aromatic heterocycles. The smallest absolute Gasteiger partial charge is 0.232 e. The molecule has 0 aliphatic heterocycles. The summed E-state index contributed by atoms with van der Waals surface area (Å²) in [5.74, 6) is 0.762. The zero-order chi connectivity index (χ0) is 14.4. The van der Waals surface area contributed by atoms with Gasteiger partial charge in [-0.25, -0.2) is 14.5 Å². The molecular weight excluding hydrogens is 257 g/mol. The number of hydrogen-bond acceptors (Lipinski definition) is 3. The van der Waals surface area contributed by atoms with Crippen LogP contribution in [-0.2, 0) is 19.6 Å². The normalized spacial score (nSPS) is 12.2. The summed E-state index contributed by atoms with van der Waals surface area (Å²) in [6, 6.07) is 0. The van der Waals surface area contributed by atoms with Crippen LogP contribution in [0.25, 0.3) is 11.2 Å². The highest BCUT2D eigenvalue weighted by molar-refractivity contribution is 5.71. The minimum atomic E-state index is -4.50. The van der Waals surface area contributed by atoms with Crippen LogP contribution < -0.4 is 4.57 Å². The molecule has 4 nitrogen and oxygen atoms in total. The highest BCUT2D eigenvalue weighted by atomic mass is 19.4. The fraction of sp³-hybridized carbons (Fsp3) is 0.500. The van der Waals surface area contributed by atoms with Gasteiger partial charge in [-0.3, -0.25) is 0 Å². The molecule has 0 aromatic carbocycles. The van der Waals surface area contributed by atoms with Crippen LogP contribution in [0.15, 0.2) is 0 Å². The Morgan fingerprint density at radius 3 is 2.26 bits per heavy atom. The van der Waals surface area contributed by atoms with E-state index in [1.54, 1.807) is 18.5 Å². The van der Waals surface area contributed by atoms with Gasteiger partial charge in [0.2, 0.25) is 0 Å². The van der Waals surface area contributed by atoms with E-state index in [1.165, 1.54) is 6.92 Å². The Balaban J connectivity index is 2.84. The summed E-state index contributed by atoms with van der Waals surface area (Å²) in [6.45, 7) is 4.94. The average molecular weight is 271 g/mol. The van der Waals surface area contributed by atoms with E-state index in [9.17, 15) is 13.2 Å². The first kappa shape index (κ1) is 13.6. The molecular formula is C12H14F3N4+. The molecule has 0 saturated heterocycles. The lowest BCUT2D eigenvalue weighted by atomic mass is 10.2. The molecule has 0 saturated carbocycles. The topological polar surface area (TPSA) is 42.6 Å². The second kappa shape index (κ2) is 4.40. The van der Waals surface area contributed by atoms with Crippen molar-refractivity contribution in [2.75, 3.05) is 0 Å². The van der Waals surface area contributed by atoms with Gasteiger partial charge in [-0.15, -0.1) is 0 Å². The summed E-state index contributed by atoms with van der Waals surface area (Å²) in [6.07, 6.45) is -3.82. The van der Waals surface area contributed by atoms with Gasteiger partial charge in [0.15, 0.2) is 11.2 Å². The van der Waals surface area contributed by atoms with Gasteiger partial charge in [0, 0.05) is 6.92 Å². The minimum Gasteiger partial charge on any atom is -0.232 e. The lowest BCUT2D eigenvalue weighted by molar-refractivity contribution is -0.686. The summed E-state index contributed by atoms with van der Waals surface area (Å²) >= 11 is 0. The van der Waals surface area contributed by atoms with Crippen molar-refractivity contribution in [1.29, 1.82) is 0 Å². The zero-order valence-corrected chi connectivity index (χ0v) is 11.1. The van der Waals surface area contributed by atoms with Crippen LogP contribution in [0.4, 0.5) is 13.2 Å². The monoisotopic (exact) mass is 271 g/mol. The maximum Gasteiger partial charge on any atom is 0.435 e. The van der Waals surface area contributed by atoms with Crippen molar-refractivity contribution in [2.24, 2.45) is 7.05 Å². The van der Waals surface area contributed by atoms with E-state index in [4.69, 9.17) is 0 Å². The fourth-order valence-electron chi connectivity index (χ4n) is 1.96. The van der Waals surface area contributed by atoms with Gasteiger partial charge in [-0.1, -0.05) is 6.92 Å². The van der Waals surface area contributed by atoms with Crippen molar-refractivity contribution in [1.82, 2.24) is 15.0 Å². The third kappa shape index (κ3) is 2.24. The molecule has 0 amide bonds. The van der Waals surface area contributed by atoms with Crippen LogP contribution in [0, 0.1) is 13.8 Å². The maximum atomic E-state index is 12.8. The van der Waals surface area contributed by atoms with Gasteiger partial charge in [0.05, 0.1) is 19.2 Å². The van der Waals surface area contributed by atoms with E-state index >= 15 is 0 Å². The largest absolute Gasteiger partial charge is 0.435 e. The van der Waals surface area contributed by atoms with Crippen molar-refractivity contribution < 1.29 is 17.7 Å². The van der Waals surface area contributed by atoms with E-state index in [2.05, 4.69) is 15.0 Å².